The molecule has 0 aliphatic carbocycles. The molecule has 0 bridgehead atoms. The van der Waals surface area contributed by atoms with Gasteiger partial charge in [-0.25, -0.2) is 14.5 Å². The standard InChI is InChI=1S/C22H21N6O7P/c1-12-9-25-17(10-24-12)21(30)27-22-26-16-7-14(20(23)29)8-18(34-2)19(16)28(22)11-13-3-5-15(6-4-13)35-36(31,32)33/h3-10H,11H2,1-2H3,(H2,23,29)(H,26,27,30)(H2,31,32,33). The van der Waals surface area contributed by atoms with Crippen LogP contribution in [0.5, 0.6) is 11.5 Å². The fourth-order valence-electron chi connectivity index (χ4n) is 3.43. The van der Waals surface area contributed by atoms with Gasteiger partial charge in [0.05, 0.1) is 31.1 Å². The number of anilines is 1. The number of phosphoric acid groups is 1. The fraction of sp³-hybridized carbons (Fsp3) is 0.136. The van der Waals surface area contributed by atoms with Crippen molar-refractivity contribution in [3.63, 3.8) is 0 Å². The van der Waals surface area contributed by atoms with Crippen molar-refractivity contribution in [2.45, 2.75) is 13.5 Å². The van der Waals surface area contributed by atoms with E-state index in [1.807, 2.05) is 0 Å². The third kappa shape index (κ3) is 5.49. The highest BCUT2D eigenvalue weighted by Crippen LogP contribution is 2.37. The summed E-state index contributed by atoms with van der Waals surface area (Å²) in [5.74, 6) is -0.819. The monoisotopic (exact) mass is 512 g/mol. The lowest BCUT2D eigenvalue weighted by atomic mass is 10.1. The van der Waals surface area contributed by atoms with Crippen LogP contribution in [0.15, 0.2) is 48.8 Å². The highest BCUT2D eigenvalue weighted by molar-refractivity contribution is 7.46. The smallest absolute Gasteiger partial charge is 0.494 e. The first kappa shape index (κ1) is 24.8. The van der Waals surface area contributed by atoms with Gasteiger partial charge in [0, 0.05) is 11.8 Å². The van der Waals surface area contributed by atoms with Crippen molar-refractivity contribution < 1.29 is 33.2 Å². The van der Waals surface area contributed by atoms with Gasteiger partial charge in [0.25, 0.3) is 5.91 Å². The van der Waals surface area contributed by atoms with Crippen LogP contribution >= 0.6 is 7.82 Å². The molecule has 36 heavy (non-hydrogen) atoms. The van der Waals surface area contributed by atoms with Crippen LogP contribution in [0.2, 0.25) is 0 Å². The highest BCUT2D eigenvalue weighted by atomic mass is 31.2. The number of primary amides is 1. The maximum Gasteiger partial charge on any atom is 0.524 e. The second-order valence-corrected chi connectivity index (χ2v) is 8.82. The van der Waals surface area contributed by atoms with Crippen molar-refractivity contribution in [1.29, 1.82) is 0 Å². The van der Waals surface area contributed by atoms with Crippen LogP contribution in [0.25, 0.3) is 11.0 Å². The summed E-state index contributed by atoms with van der Waals surface area (Å²) in [6, 6.07) is 8.94. The number of rotatable bonds is 8. The van der Waals surface area contributed by atoms with E-state index in [-0.39, 0.29) is 29.5 Å². The predicted octanol–water partition coefficient (Wildman–Crippen LogP) is 2.01. The molecule has 2 aromatic carbocycles. The molecule has 2 heterocycles. The van der Waals surface area contributed by atoms with E-state index in [2.05, 4.69) is 24.8 Å². The first-order valence-electron chi connectivity index (χ1n) is 10.4. The number of aryl methyl sites for hydroxylation is 1. The Kier molecular flexibility index (Phi) is 6.71. The summed E-state index contributed by atoms with van der Waals surface area (Å²) < 4.78 is 22.8. The number of aromatic nitrogens is 4. The molecule has 0 aliphatic heterocycles. The van der Waals surface area contributed by atoms with Crippen LogP contribution in [0, 0.1) is 6.92 Å². The molecule has 0 spiro atoms. The fourth-order valence-corrected chi connectivity index (χ4v) is 3.82. The average Bonchev–Trinajstić information content (AvgIpc) is 3.15. The molecule has 0 radical (unpaired) electrons. The first-order chi connectivity index (χ1) is 17.0. The van der Waals surface area contributed by atoms with E-state index in [9.17, 15) is 14.2 Å². The van der Waals surface area contributed by atoms with Crippen LogP contribution < -0.4 is 20.3 Å². The molecule has 5 N–H and O–H groups in total. The van der Waals surface area contributed by atoms with Crippen molar-refractivity contribution in [3.8, 4) is 11.5 Å². The number of fused-ring (bicyclic) bond motifs is 1. The Morgan fingerprint density at radius 2 is 1.86 bits per heavy atom. The van der Waals surface area contributed by atoms with E-state index in [0.29, 0.717) is 28.0 Å². The number of benzene rings is 2. The van der Waals surface area contributed by atoms with Crippen LogP contribution in [0.4, 0.5) is 5.95 Å². The summed E-state index contributed by atoms with van der Waals surface area (Å²) in [4.78, 5) is 55.3. The third-order valence-corrected chi connectivity index (χ3v) is 5.49. The molecule has 0 aliphatic rings. The number of nitrogens with two attached hydrogens (primary N) is 1. The first-order valence-corrected chi connectivity index (χ1v) is 11.9. The average molecular weight is 512 g/mol. The Morgan fingerprint density at radius 1 is 1.14 bits per heavy atom. The summed E-state index contributed by atoms with van der Waals surface area (Å²) in [6.07, 6.45) is 2.80. The minimum Gasteiger partial charge on any atom is -0.494 e. The molecule has 0 atom stereocenters. The van der Waals surface area contributed by atoms with E-state index >= 15 is 0 Å². The number of hydrogen-bond donors (Lipinski definition) is 4. The highest BCUT2D eigenvalue weighted by Gasteiger charge is 2.21. The molecule has 4 aromatic rings. The molecule has 13 nitrogen and oxygen atoms in total. The van der Waals surface area contributed by atoms with E-state index in [1.54, 1.807) is 23.6 Å². The number of nitrogens with zero attached hydrogens (tertiary/aromatic N) is 4. The van der Waals surface area contributed by atoms with E-state index in [4.69, 9.17) is 20.3 Å². The van der Waals surface area contributed by atoms with Crippen LogP contribution in [0.1, 0.15) is 32.1 Å². The molecule has 0 saturated carbocycles. The Morgan fingerprint density at radius 3 is 2.44 bits per heavy atom. The van der Waals surface area contributed by atoms with Gasteiger partial charge in [-0.2, -0.15) is 0 Å². The van der Waals surface area contributed by atoms with Crippen molar-refractivity contribution in [2.75, 3.05) is 12.4 Å². The van der Waals surface area contributed by atoms with E-state index < -0.39 is 19.6 Å². The maximum absolute atomic E-state index is 12.9. The van der Waals surface area contributed by atoms with Gasteiger partial charge in [0.2, 0.25) is 11.9 Å². The number of imidazole rings is 1. The lowest BCUT2D eigenvalue weighted by Gasteiger charge is -2.13. The van der Waals surface area contributed by atoms with Gasteiger partial charge in [0.1, 0.15) is 22.7 Å². The Balaban J connectivity index is 1.77. The third-order valence-electron chi connectivity index (χ3n) is 5.04. The Labute approximate surface area is 204 Å². The van der Waals surface area contributed by atoms with Crippen molar-refractivity contribution in [2.24, 2.45) is 5.73 Å². The number of ether oxygens (including phenoxy) is 1. The maximum atomic E-state index is 12.9. The number of nitrogens with one attached hydrogen (secondary N) is 1. The zero-order valence-corrected chi connectivity index (χ0v) is 20.0. The molecular formula is C22H21N6O7P. The second kappa shape index (κ2) is 9.74. The van der Waals surface area contributed by atoms with Gasteiger partial charge in [0.15, 0.2) is 0 Å². The normalized spacial score (nSPS) is 11.3. The summed E-state index contributed by atoms with van der Waals surface area (Å²) in [6.45, 7) is 1.90. The molecule has 2 aromatic heterocycles. The topological polar surface area (TPSA) is 192 Å². The summed E-state index contributed by atoms with van der Waals surface area (Å²) in [7, 11) is -3.28. The zero-order valence-electron chi connectivity index (χ0n) is 19.1. The molecule has 0 fully saturated rings. The van der Waals surface area contributed by atoms with E-state index in [1.165, 1.54) is 43.8 Å². The number of phosphoric ester groups is 1. The van der Waals surface area contributed by atoms with Gasteiger partial charge in [-0.1, -0.05) is 12.1 Å². The predicted molar refractivity (Wildman–Crippen MR) is 128 cm³/mol. The van der Waals surface area contributed by atoms with Crippen molar-refractivity contribution >= 4 is 36.6 Å². The van der Waals surface area contributed by atoms with Gasteiger partial charge in [-0.3, -0.25) is 29.7 Å². The zero-order chi connectivity index (χ0) is 26.0. The molecule has 14 heteroatoms. The largest absolute Gasteiger partial charge is 0.524 e. The second-order valence-electron chi connectivity index (χ2n) is 7.66. The van der Waals surface area contributed by atoms with Crippen LogP contribution in [-0.4, -0.2) is 48.2 Å². The van der Waals surface area contributed by atoms with Crippen molar-refractivity contribution in [3.05, 3.63) is 71.3 Å². The molecule has 186 valence electrons. The molecular weight excluding hydrogens is 491 g/mol. The summed E-state index contributed by atoms with van der Waals surface area (Å²) >= 11 is 0. The Bertz CT molecular complexity index is 1500. The molecule has 4 rings (SSSR count). The number of hydrogen-bond acceptors (Lipinski definition) is 8. The summed E-state index contributed by atoms with van der Waals surface area (Å²) in [5, 5.41) is 2.71. The minimum absolute atomic E-state index is 0.0160. The molecule has 2 amide bonds. The van der Waals surface area contributed by atoms with Crippen LogP contribution in [-0.2, 0) is 11.1 Å². The van der Waals surface area contributed by atoms with Crippen molar-refractivity contribution in [1.82, 2.24) is 19.5 Å². The number of carbonyl (C=O) groups excluding carboxylic acids is 2. The van der Waals surface area contributed by atoms with Gasteiger partial charge in [-0.15, -0.1) is 0 Å². The molecule has 0 saturated heterocycles. The Hall–Kier alpha value is -4.32. The lowest BCUT2D eigenvalue weighted by molar-refractivity contribution is 0.0996. The van der Waals surface area contributed by atoms with Gasteiger partial charge in [-0.05, 0) is 36.8 Å². The quantitative estimate of drug-likeness (QED) is 0.254. The van der Waals surface area contributed by atoms with Gasteiger partial charge >= 0.3 is 7.82 Å². The number of carbonyl (C=O) groups is 2. The number of methoxy groups -OCH3 is 1. The minimum atomic E-state index is -4.70. The number of amides is 2. The van der Waals surface area contributed by atoms with E-state index in [0.717, 1.165) is 0 Å². The molecule has 0 unspecified atom stereocenters. The SMILES string of the molecule is COc1cc(C(N)=O)cc2nc(NC(=O)c3cnc(C)cn3)n(Cc3ccc(OP(=O)(O)O)cc3)c12. The lowest BCUT2D eigenvalue weighted by Crippen LogP contribution is -2.18. The summed E-state index contributed by atoms with van der Waals surface area (Å²) in [5.41, 5.74) is 7.83. The van der Waals surface area contributed by atoms with Crippen LogP contribution in [0.3, 0.4) is 0 Å². The van der Waals surface area contributed by atoms with Gasteiger partial charge < -0.3 is 19.6 Å².